The Morgan fingerprint density at radius 2 is 2.14 bits per heavy atom. The maximum Gasteiger partial charge on any atom is 0.228 e. The molecule has 0 radical (unpaired) electrons. The molecule has 0 unspecified atom stereocenters. The normalized spacial score (nSPS) is 14.1. The van der Waals surface area contributed by atoms with Gasteiger partial charge in [-0.1, -0.05) is 23.7 Å². The van der Waals surface area contributed by atoms with E-state index in [1.807, 2.05) is 36.1 Å². The number of hydrogen-bond donors (Lipinski definition) is 1. The lowest BCUT2D eigenvalue weighted by molar-refractivity contribution is -0.118. The molecule has 1 amide bonds. The number of amides is 1. The van der Waals surface area contributed by atoms with E-state index in [-0.39, 0.29) is 5.91 Å². The van der Waals surface area contributed by atoms with Crippen molar-refractivity contribution in [2.75, 3.05) is 11.4 Å². The molecule has 3 rings (SSSR count). The number of aromatic amines is 1. The lowest BCUT2D eigenvalue weighted by Gasteiger charge is -2.25. The van der Waals surface area contributed by atoms with Crippen molar-refractivity contribution in [3.63, 3.8) is 0 Å². The van der Waals surface area contributed by atoms with Gasteiger partial charge in [0.25, 0.3) is 0 Å². The van der Waals surface area contributed by atoms with Gasteiger partial charge in [-0.15, -0.1) is 0 Å². The number of aromatic nitrogens is 2. The predicted octanol–water partition coefficient (Wildman–Crippen LogP) is 3.28. The van der Waals surface area contributed by atoms with Crippen LogP contribution in [0.1, 0.15) is 29.7 Å². The standard InChI is InChI=1S/C16H18ClN3O/c1-11-14-3-2-10-20(16(14)19-18-11)15(21)9-6-12-4-7-13(17)8-5-12/h4-5,7-8H,2-3,6,9-10H2,1H3,(H,18,19). The lowest BCUT2D eigenvalue weighted by Crippen LogP contribution is -2.35. The van der Waals surface area contributed by atoms with Crippen molar-refractivity contribution in [3.05, 3.63) is 46.1 Å². The van der Waals surface area contributed by atoms with Gasteiger partial charge in [-0.2, -0.15) is 5.10 Å². The van der Waals surface area contributed by atoms with E-state index in [9.17, 15) is 4.79 Å². The van der Waals surface area contributed by atoms with Crippen LogP contribution < -0.4 is 4.90 Å². The molecule has 0 aliphatic carbocycles. The molecule has 0 spiro atoms. The van der Waals surface area contributed by atoms with Crippen molar-refractivity contribution in [1.29, 1.82) is 0 Å². The Bertz CT molecular complexity index is 648. The van der Waals surface area contributed by atoms with Crippen LogP contribution in [0.4, 0.5) is 5.82 Å². The molecule has 0 bridgehead atoms. The number of H-pyrrole nitrogens is 1. The zero-order chi connectivity index (χ0) is 14.8. The van der Waals surface area contributed by atoms with Gasteiger partial charge < -0.3 is 0 Å². The molecule has 1 N–H and O–H groups in total. The summed E-state index contributed by atoms with van der Waals surface area (Å²) in [4.78, 5) is 14.3. The SMILES string of the molecule is Cc1[nH]nc2c1CCCN2C(=O)CCc1ccc(Cl)cc1. The first-order valence-electron chi connectivity index (χ1n) is 7.24. The van der Waals surface area contributed by atoms with Crippen molar-refractivity contribution >= 4 is 23.3 Å². The summed E-state index contributed by atoms with van der Waals surface area (Å²) in [6, 6.07) is 7.65. The highest BCUT2D eigenvalue weighted by molar-refractivity contribution is 6.30. The molecule has 2 aromatic rings. The molecular weight excluding hydrogens is 286 g/mol. The van der Waals surface area contributed by atoms with Crippen LogP contribution in [0.25, 0.3) is 0 Å². The number of hydrogen-bond acceptors (Lipinski definition) is 2. The third-order valence-electron chi connectivity index (χ3n) is 3.96. The second-order valence-corrected chi connectivity index (χ2v) is 5.86. The van der Waals surface area contributed by atoms with Gasteiger partial charge in [0.1, 0.15) is 0 Å². The van der Waals surface area contributed by atoms with E-state index in [4.69, 9.17) is 11.6 Å². The minimum Gasteiger partial charge on any atom is -0.295 e. The maximum absolute atomic E-state index is 12.5. The molecule has 2 heterocycles. The first-order valence-corrected chi connectivity index (χ1v) is 7.61. The quantitative estimate of drug-likeness (QED) is 0.946. The second kappa shape index (κ2) is 5.90. The predicted molar refractivity (Wildman–Crippen MR) is 83.8 cm³/mol. The van der Waals surface area contributed by atoms with Crippen molar-refractivity contribution in [2.45, 2.75) is 32.6 Å². The number of benzene rings is 1. The van der Waals surface area contributed by atoms with Crippen LogP contribution in [0, 0.1) is 6.92 Å². The number of nitrogens with zero attached hydrogens (tertiary/aromatic N) is 2. The summed E-state index contributed by atoms with van der Waals surface area (Å²) < 4.78 is 0. The smallest absolute Gasteiger partial charge is 0.228 e. The maximum atomic E-state index is 12.5. The van der Waals surface area contributed by atoms with Crippen LogP contribution >= 0.6 is 11.6 Å². The Balaban J connectivity index is 1.67. The number of halogens is 1. The Hall–Kier alpha value is -1.81. The Morgan fingerprint density at radius 1 is 1.38 bits per heavy atom. The highest BCUT2D eigenvalue weighted by Crippen LogP contribution is 2.27. The topological polar surface area (TPSA) is 49.0 Å². The van der Waals surface area contributed by atoms with Crippen LogP contribution in [0.3, 0.4) is 0 Å². The molecule has 1 aromatic carbocycles. The van der Waals surface area contributed by atoms with Crippen LogP contribution in [0.2, 0.25) is 5.02 Å². The molecule has 21 heavy (non-hydrogen) atoms. The molecule has 0 saturated carbocycles. The highest BCUT2D eigenvalue weighted by Gasteiger charge is 2.25. The van der Waals surface area contributed by atoms with Crippen molar-refractivity contribution in [2.24, 2.45) is 0 Å². The van der Waals surface area contributed by atoms with Crippen LogP contribution in [0.15, 0.2) is 24.3 Å². The molecule has 0 fully saturated rings. The third kappa shape index (κ3) is 2.95. The van der Waals surface area contributed by atoms with Crippen molar-refractivity contribution in [3.8, 4) is 0 Å². The number of fused-ring (bicyclic) bond motifs is 1. The van der Waals surface area contributed by atoms with Gasteiger partial charge in [0, 0.05) is 29.2 Å². The van der Waals surface area contributed by atoms with Crippen molar-refractivity contribution in [1.82, 2.24) is 10.2 Å². The monoisotopic (exact) mass is 303 g/mol. The van der Waals surface area contributed by atoms with E-state index in [0.717, 1.165) is 47.9 Å². The molecule has 1 aliphatic heterocycles. The van der Waals surface area contributed by atoms with Gasteiger partial charge in [0.2, 0.25) is 5.91 Å². The van der Waals surface area contributed by atoms with Gasteiger partial charge in [0.05, 0.1) is 0 Å². The summed E-state index contributed by atoms with van der Waals surface area (Å²) in [5, 5.41) is 7.99. The largest absolute Gasteiger partial charge is 0.295 e. The first kappa shape index (κ1) is 14.1. The summed E-state index contributed by atoms with van der Waals surface area (Å²) in [5.74, 6) is 0.956. The number of carbonyl (C=O) groups excluding carboxylic acids is 1. The fourth-order valence-corrected chi connectivity index (χ4v) is 2.89. The van der Waals surface area contributed by atoms with E-state index in [1.54, 1.807) is 0 Å². The van der Waals surface area contributed by atoms with Crippen LogP contribution in [-0.4, -0.2) is 22.6 Å². The lowest BCUT2D eigenvalue weighted by atomic mass is 10.0. The van der Waals surface area contributed by atoms with Gasteiger partial charge >= 0.3 is 0 Å². The van der Waals surface area contributed by atoms with E-state index in [2.05, 4.69) is 10.2 Å². The van der Waals surface area contributed by atoms with Crippen LogP contribution in [-0.2, 0) is 17.6 Å². The average Bonchev–Trinajstić information content (AvgIpc) is 2.88. The molecule has 110 valence electrons. The Morgan fingerprint density at radius 3 is 2.90 bits per heavy atom. The zero-order valence-electron chi connectivity index (χ0n) is 12.0. The summed E-state index contributed by atoms with van der Waals surface area (Å²) in [6.45, 7) is 2.77. The Labute approximate surface area is 129 Å². The second-order valence-electron chi connectivity index (χ2n) is 5.43. The molecule has 1 aliphatic rings. The molecule has 0 saturated heterocycles. The minimum atomic E-state index is 0.136. The first-order chi connectivity index (χ1) is 10.1. The van der Waals surface area contributed by atoms with Gasteiger partial charge in [-0.05, 0) is 43.9 Å². The van der Waals surface area contributed by atoms with E-state index >= 15 is 0 Å². The number of rotatable bonds is 3. The fourth-order valence-electron chi connectivity index (χ4n) is 2.76. The van der Waals surface area contributed by atoms with Gasteiger partial charge in [-0.3, -0.25) is 14.8 Å². The Kier molecular flexibility index (Phi) is 3.97. The zero-order valence-corrected chi connectivity index (χ0v) is 12.8. The highest BCUT2D eigenvalue weighted by atomic mass is 35.5. The van der Waals surface area contributed by atoms with E-state index in [1.165, 1.54) is 5.56 Å². The summed E-state index contributed by atoms with van der Waals surface area (Å²) in [6.07, 6.45) is 3.22. The number of anilines is 1. The van der Waals surface area contributed by atoms with Gasteiger partial charge in [0.15, 0.2) is 5.82 Å². The van der Waals surface area contributed by atoms with Crippen molar-refractivity contribution < 1.29 is 4.79 Å². The molecule has 1 aromatic heterocycles. The third-order valence-corrected chi connectivity index (χ3v) is 4.21. The van der Waals surface area contributed by atoms with Crippen LogP contribution in [0.5, 0.6) is 0 Å². The molecule has 0 atom stereocenters. The molecule has 5 heteroatoms. The van der Waals surface area contributed by atoms with E-state index in [0.29, 0.717) is 6.42 Å². The van der Waals surface area contributed by atoms with Gasteiger partial charge in [-0.25, -0.2) is 0 Å². The molecule has 4 nitrogen and oxygen atoms in total. The number of aryl methyl sites for hydroxylation is 2. The number of nitrogens with one attached hydrogen (secondary N) is 1. The molecular formula is C16H18ClN3O. The summed E-state index contributed by atoms with van der Waals surface area (Å²) in [5.41, 5.74) is 3.38. The number of carbonyl (C=O) groups is 1. The van der Waals surface area contributed by atoms with E-state index < -0.39 is 0 Å². The summed E-state index contributed by atoms with van der Waals surface area (Å²) in [7, 11) is 0. The average molecular weight is 304 g/mol. The minimum absolute atomic E-state index is 0.136. The summed E-state index contributed by atoms with van der Waals surface area (Å²) >= 11 is 5.87. The fraction of sp³-hybridized carbons (Fsp3) is 0.375.